The predicted molar refractivity (Wildman–Crippen MR) is 157 cm³/mol. The van der Waals surface area contributed by atoms with Gasteiger partial charge in [0.05, 0.1) is 12.7 Å². The average Bonchev–Trinajstić information content (AvgIpc) is 3.32. The summed E-state index contributed by atoms with van der Waals surface area (Å²) >= 11 is 0. The van der Waals surface area contributed by atoms with Crippen LogP contribution in [0.15, 0.2) is 42.5 Å². The molecule has 1 aromatic carbocycles. The molecular formula is C36H50O2. The molecule has 8 unspecified atom stereocenters. The van der Waals surface area contributed by atoms with Crippen LogP contribution in [0, 0.1) is 51.2 Å². The fraction of sp³-hybridized carbons (Fsp3) is 0.694. The fourth-order valence-corrected chi connectivity index (χ4v) is 11.9. The fourth-order valence-electron chi connectivity index (χ4n) is 11.9. The van der Waals surface area contributed by atoms with Crippen LogP contribution in [-0.4, -0.2) is 13.1 Å². The van der Waals surface area contributed by atoms with E-state index in [1.54, 1.807) is 0 Å². The standard InChI is InChI=1S/C36H50O2/c1-7-19-36-20-8-9-29(36)26-14-15-31-34(4,28(26)17-23-36)22-18-30-33(2,3)27(16-21-35(30,31)5)24-10-12-25(13-11-24)32(37)38-6/h7,10-13,16,19,26,28-31H,8-9,14-15,17-18,20-23H2,1-6H3. The Morgan fingerprint density at radius 2 is 1.63 bits per heavy atom. The highest BCUT2D eigenvalue weighted by Crippen LogP contribution is 2.73. The van der Waals surface area contributed by atoms with E-state index in [1.807, 2.05) is 12.1 Å². The van der Waals surface area contributed by atoms with Gasteiger partial charge in [0.15, 0.2) is 0 Å². The zero-order chi connectivity index (χ0) is 26.9. The Kier molecular flexibility index (Phi) is 6.32. The Hall–Kier alpha value is -1.83. The molecule has 5 aliphatic carbocycles. The number of benzene rings is 1. The second-order valence-corrected chi connectivity index (χ2v) is 14.9. The van der Waals surface area contributed by atoms with Gasteiger partial charge in [-0.25, -0.2) is 4.79 Å². The quantitative estimate of drug-likeness (QED) is 0.296. The molecule has 0 radical (unpaired) electrons. The number of carbonyl (C=O) groups is 1. The van der Waals surface area contributed by atoms with E-state index in [2.05, 4.69) is 65.0 Å². The third kappa shape index (κ3) is 3.60. The van der Waals surface area contributed by atoms with Gasteiger partial charge in [0.25, 0.3) is 0 Å². The van der Waals surface area contributed by atoms with Crippen LogP contribution in [0.5, 0.6) is 0 Å². The SMILES string of the molecule is CC=CC12CCCC1C1CCC3C(C)(CCC4C(C)(C)C(c5ccc(C(=O)OC)cc5)=CCC43C)C1CC2. The molecule has 2 heteroatoms. The summed E-state index contributed by atoms with van der Waals surface area (Å²) in [7, 11) is 1.45. The monoisotopic (exact) mass is 514 g/mol. The van der Waals surface area contributed by atoms with Crippen molar-refractivity contribution >= 4 is 11.5 Å². The number of hydrogen-bond acceptors (Lipinski definition) is 2. The van der Waals surface area contributed by atoms with Gasteiger partial charge in [-0.15, -0.1) is 0 Å². The maximum absolute atomic E-state index is 12.0. The van der Waals surface area contributed by atoms with Gasteiger partial charge in [0.1, 0.15) is 0 Å². The van der Waals surface area contributed by atoms with E-state index in [0.29, 0.717) is 27.7 Å². The molecule has 8 atom stereocenters. The van der Waals surface area contributed by atoms with E-state index in [0.717, 1.165) is 23.7 Å². The summed E-state index contributed by atoms with van der Waals surface area (Å²) in [5.74, 6) is 4.06. The average molecular weight is 515 g/mol. The van der Waals surface area contributed by atoms with Crippen molar-refractivity contribution in [3.63, 3.8) is 0 Å². The summed E-state index contributed by atoms with van der Waals surface area (Å²) in [6, 6.07) is 8.15. The Balaban J connectivity index is 1.30. The largest absolute Gasteiger partial charge is 0.465 e. The van der Waals surface area contributed by atoms with Gasteiger partial charge in [-0.2, -0.15) is 0 Å². The number of fused-ring (bicyclic) bond motifs is 7. The van der Waals surface area contributed by atoms with Crippen LogP contribution in [0.25, 0.3) is 5.57 Å². The number of allylic oxidation sites excluding steroid dienone is 4. The first-order valence-corrected chi connectivity index (χ1v) is 15.6. The van der Waals surface area contributed by atoms with Gasteiger partial charge < -0.3 is 4.74 Å². The summed E-state index contributed by atoms with van der Waals surface area (Å²) in [4.78, 5) is 12.0. The number of esters is 1. The summed E-state index contributed by atoms with van der Waals surface area (Å²) in [6.45, 7) is 12.7. The first-order valence-electron chi connectivity index (χ1n) is 15.6. The molecule has 0 aromatic heterocycles. The van der Waals surface area contributed by atoms with Crippen molar-refractivity contribution in [3.05, 3.63) is 53.6 Å². The maximum atomic E-state index is 12.0. The van der Waals surface area contributed by atoms with Crippen molar-refractivity contribution in [2.24, 2.45) is 51.2 Å². The first-order chi connectivity index (χ1) is 18.1. The highest BCUT2D eigenvalue weighted by atomic mass is 16.5. The van der Waals surface area contributed by atoms with Gasteiger partial charge >= 0.3 is 5.97 Å². The molecule has 38 heavy (non-hydrogen) atoms. The van der Waals surface area contributed by atoms with Gasteiger partial charge in [0, 0.05) is 0 Å². The summed E-state index contributed by atoms with van der Waals surface area (Å²) in [6.07, 6.45) is 21.7. The van der Waals surface area contributed by atoms with Crippen LogP contribution in [-0.2, 0) is 4.74 Å². The number of rotatable bonds is 3. The van der Waals surface area contributed by atoms with E-state index in [9.17, 15) is 4.79 Å². The van der Waals surface area contributed by atoms with E-state index in [-0.39, 0.29) is 11.4 Å². The van der Waals surface area contributed by atoms with Gasteiger partial charge in [-0.1, -0.05) is 64.5 Å². The van der Waals surface area contributed by atoms with Crippen molar-refractivity contribution in [3.8, 4) is 0 Å². The van der Waals surface area contributed by atoms with Crippen molar-refractivity contribution in [2.45, 2.75) is 98.8 Å². The highest BCUT2D eigenvalue weighted by Gasteiger charge is 2.65. The lowest BCUT2D eigenvalue weighted by molar-refractivity contribution is -0.174. The topological polar surface area (TPSA) is 26.3 Å². The Labute approximate surface area is 231 Å². The number of hydrogen-bond donors (Lipinski definition) is 0. The molecule has 0 bridgehead atoms. The molecule has 2 nitrogen and oxygen atoms in total. The first kappa shape index (κ1) is 26.4. The summed E-state index contributed by atoms with van der Waals surface area (Å²) < 4.78 is 4.93. The molecule has 0 spiro atoms. The molecule has 1 aromatic rings. The smallest absolute Gasteiger partial charge is 0.337 e. The van der Waals surface area contributed by atoms with E-state index in [1.165, 1.54) is 82.5 Å². The maximum Gasteiger partial charge on any atom is 0.337 e. The van der Waals surface area contributed by atoms with Gasteiger partial charge in [-0.3, -0.25) is 0 Å². The molecular weight excluding hydrogens is 464 g/mol. The molecule has 0 aliphatic heterocycles. The third-order valence-corrected chi connectivity index (χ3v) is 13.3. The second-order valence-electron chi connectivity index (χ2n) is 14.9. The third-order valence-electron chi connectivity index (χ3n) is 13.3. The number of methoxy groups -OCH3 is 1. The minimum absolute atomic E-state index is 0.122. The Morgan fingerprint density at radius 1 is 0.868 bits per heavy atom. The second kappa shape index (κ2) is 9.10. The van der Waals surface area contributed by atoms with Crippen LogP contribution in [0.1, 0.15) is 115 Å². The minimum Gasteiger partial charge on any atom is -0.465 e. The van der Waals surface area contributed by atoms with Gasteiger partial charge in [-0.05, 0) is 139 Å². The van der Waals surface area contributed by atoms with Crippen LogP contribution >= 0.6 is 0 Å². The minimum atomic E-state index is -0.258. The molecule has 0 saturated heterocycles. The molecule has 0 N–H and O–H groups in total. The molecule has 0 heterocycles. The Morgan fingerprint density at radius 3 is 2.34 bits per heavy atom. The van der Waals surface area contributed by atoms with Crippen LogP contribution in [0.2, 0.25) is 0 Å². The molecule has 4 saturated carbocycles. The van der Waals surface area contributed by atoms with E-state index < -0.39 is 0 Å². The molecule has 206 valence electrons. The lowest BCUT2D eigenvalue weighted by atomic mass is 9.36. The van der Waals surface area contributed by atoms with E-state index >= 15 is 0 Å². The van der Waals surface area contributed by atoms with Crippen LogP contribution in [0.4, 0.5) is 0 Å². The molecule has 4 fully saturated rings. The lowest BCUT2D eigenvalue weighted by Gasteiger charge is -2.68. The predicted octanol–water partition coefficient (Wildman–Crippen LogP) is 9.51. The Bertz CT molecular complexity index is 1140. The zero-order valence-electron chi connectivity index (χ0n) is 24.8. The summed E-state index contributed by atoms with van der Waals surface area (Å²) in [5, 5.41) is 0. The van der Waals surface area contributed by atoms with Crippen molar-refractivity contribution < 1.29 is 9.53 Å². The van der Waals surface area contributed by atoms with Crippen molar-refractivity contribution in [1.82, 2.24) is 0 Å². The number of carbonyl (C=O) groups excluding carboxylic acids is 1. The van der Waals surface area contributed by atoms with Crippen LogP contribution < -0.4 is 0 Å². The zero-order valence-corrected chi connectivity index (χ0v) is 24.8. The lowest BCUT2D eigenvalue weighted by Crippen LogP contribution is -2.60. The highest BCUT2D eigenvalue weighted by molar-refractivity contribution is 5.89. The number of ether oxygens (including phenoxy) is 1. The molecule has 6 rings (SSSR count). The molecule has 0 amide bonds. The summed E-state index contributed by atoms with van der Waals surface area (Å²) in [5.41, 5.74) is 4.88. The van der Waals surface area contributed by atoms with Crippen molar-refractivity contribution in [1.29, 1.82) is 0 Å². The van der Waals surface area contributed by atoms with Crippen molar-refractivity contribution in [2.75, 3.05) is 7.11 Å². The van der Waals surface area contributed by atoms with Gasteiger partial charge in [0.2, 0.25) is 0 Å². The van der Waals surface area contributed by atoms with E-state index in [4.69, 9.17) is 4.74 Å². The molecule has 5 aliphatic rings. The van der Waals surface area contributed by atoms with Crippen LogP contribution in [0.3, 0.4) is 0 Å². The normalized spacial score (nSPS) is 43.4.